The molecule has 0 saturated carbocycles. The Morgan fingerprint density at radius 1 is 1.27 bits per heavy atom. The van der Waals surface area contributed by atoms with E-state index in [4.69, 9.17) is 4.74 Å². The summed E-state index contributed by atoms with van der Waals surface area (Å²) in [5.41, 5.74) is 0. The predicted octanol–water partition coefficient (Wildman–Crippen LogP) is 1.66. The zero-order valence-electron chi connectivity index (χ0n) is 13.3. The number of ether oxygens (including phenoxy) is 1. The largest absolute Gasteiger partial charge is 0.492 e. The molecule has 2 N–H and O–H groups in total. The lowest BCUT2D eigenvalue weighted by molar-refractivity contribution is 0.321. The topological polar surface area (TPSA) is 79.8 Å². The quantitative estimate of drug-likeness (QED) is 0.304. The van der Waals surface area contributed by atoms with Gasteiger partial charge in [-0.05, 0) is 38.1 Å². The molecule has 0 saturated heterocycles. The molecular formula is C14H24IN3O3S. The third-order valence-electron chi connectivity index (χ3n) is 2.56. The number of rotatable bonds is 6. The van der Waals surface area contributed by atoms with Crippen LogP contribution in [0, 0.1) is 0 Å². The number of sulfone groups is 1. The van der Waals surface area contributed by atoms with Crippen molar-refractivity contribution < 1.29 is 13.2 Å². The van der Waals surface area contributed by atoms with Crippen molar-refractivity contribution in [3.8, 4) is 5.75 Å². The summed E-state index contributed by atoms with van der Waals surface area (Å²) in [6, 6.07) is 6.68. The van der Waals surface area contributed by atoms with Gasteiger partial charge in [-0.15, -0.1) is 24.0 Å². The van der Waals surface area contributed by atoms with Crippen molar-refractivity contribution >= 4 is 39.8 Å². The van der Waals surface area contributed by atoms with E-state index in [1.54, 1.807) is 19.2 Å². The normalized spacial score (nSPS) is 11.8. The maximum atomic E-state index is 11.3. The van der Waals surface area contributed by atoms with Gasteiger partial charge in [0.25, 0.3) is 0 Å². The fourth-order valence-electron chi connectivity index (χ4n) is 1.59. The van der Waals surface area contributed by atoms with Crippen LogP contribution in [-0.4, -0.2) is 46.9 Å². The van der Waals surface area contributed by atoms with Crippen LogP contribution in [0.25, 0.3) is 0 Å². The van der Waals surface area contributed by atoms with E-state index in [1.807, 2.05) is 13.8 Å². The summed E-state index contributed by atoms with van der Waals surface area (Å²) in [6.45, 7) is 5.12. The van der Waals surface area contributed by atoms with E-state index in [0.29, 0.717) is 24.9 Å². The van der Waals surface area contributed by atoms with E-state index in [-0.39, 0.29) is 28.9 Å². The Morgan fingerprint density at radius 3 is 2.32 bits per heavy atom. The third-order valence-corrected chi connectivity index (χ3v) is 3.69. The third kappa shape index (κ3) is 7.83. The number of aliphatic imine (C=N–C) groups is 1. The molecule has 0 radical (unpaired) electrons. The molecule has 1 rings (SSSR count). The van der Waals surface area contributed by atoms with E-state index in [0.717, 1.165) is 5.96 Å². The summed E-state index contributed by atoms with van der Waals surface area (Å²) in [4.78, 5) is 4.37. The van der Waals surface area contributed by atoms with Gasteiger partial charge in [-0.3, -0.25) is 4.99 Å². The number of guanidine groups is 1. The van der Waals surface area contributed by atoms with Gasteiger partial charge in [0.2, 0.25) is 0 Å². The molecule has 0 heterocycles. The Labute approximate surface area is 149 Å². The van der Waals surface area contributed by atoms with Crippen LogP contribution in [-0.2, 0) is 9.84 Å². The van der Waals surface area contributed by atoms with E-state index in [1.165, 1.54) is 18.4 Å². The van der Waals surface area contributed by atoms with E-state index < -0.39 is 9.84 Å². The lowest BCUT2D eigenvalue weighted by Gasteiger charge is -2.14. The molecule has 0 bridgehead atoms. The molecule has 0 aliphatic heterocycles. The summed E-state index contributed by atoms with van der Waals surface area (Å²) in [5.74, 6) is 1.36. The molecule has 1 aromatic carbocycles. The molecule has 0 unspecified atom stereocenters. The average molecular weight is 441 g/mol. The van der Waals surface area contributed by atoms with Crippen LogP contribution in [0.2, 0.25) is 0 Å². The summed E-state index contributed by atoms with van der Waals surface area (Å²) >= 11 is 0. The molecular weight excluding hydrogens is 417 g/mol. The minimum absolute atomic E-state index is 0. The van der Waals surface area contributed by atoms with Gasteiger partial charge in [0.1, 0.15) is 12.4 Å². The van der Waals surface area contributed by atoms with Crippen molar-refractivity contribution in [3.05, 3.63) is 24.3 Å². The lowest BCUT2D eigenvalue weighted by atomic mass is 10.3. The summed E-state index contributed by atoms with van der Waals surface area (Å²) in [5, 5.41) is 6.29. The van der Waals surface area contributed by atoms with Crippen LogP contribution >= 0.6 is 24.0 Å². The maximum Gasteiger partial charge on any atom is 0.191 e. The smallest absolute Gasteiger partial charge is 0.191 e. The fourth-order valence-corrected chi connectivity index (χ4v) is 2.22. The first-order chi connectivity index (χ1) is 9.82. The highest BCUT2D eigenvalue weighted by molar-refractivity contribution is 14.0. The Kier molecular flexibility index (Phi) is 9.42. The number of halogens is 1. The fraction of sp³-hybridized carbons (Fsp3) is 0.500. The predicted molar refractivity (Wildman–Crippen MR) is 100 cm³/mol. The maximum absolute atomic E-state index is 11.3. The van der Waals surface area contributed by atoms with Crippen LogP contribution in [0.4, 0.5) is 0 Å². The van der Waals surface area contributed by atoms with Gasteiger partial charge in [-0.1, -0.05) is 0 Å². The zero-order valence-corrected chi connectivity index (χ0v) is 16.4. The van der Waals surface area contributed by atoms with Gasteiger partial charge in [0, 0.05) is 19.3 Å². The summed E-state index contributed by atoms with van der Waals surface area (Å²) in [6.07, 6.45) is 1.18. The SMILES string of the molecule is CN=C(NCCOc1ccc(S(C)(=O)=O)cc1)NC(C)C.I. The Hall–Kier alpha value is -1.03. The van der Waals surface area contributed by atoms with Crippen molar-refractivity contribution in [1.82, 2.24) is 10.6 Å². The van der Waals surface area contributed by atoms with Crippen molar-refractivity contribution in [3.63, 3.8) is 0 Å². The average Bonchev–Trinajstić information content (AvgIpc) is 2.41. The van der Waals surface area contributed by atoms with Crippen molar-refractivity contribution in [2.75, 3.05) is 26.5 Å². The number of hydrogen-bond donors (Lipinski definition) is 2. The minimum Gasteiger partial charge on any atom is -0.492 e. The molecule has 0 amide bonds. The Balaban J connectivity index is 0.00000441. The zero-order chi connectivity index (χ0) is 15.9. The molecule has 0 aliphatic carbocycles. The van der Waals surface area contributed by atoms with Crippen LogP contribution in [0.15, 0.2) is 34.2 Å². The molecule has 0 fully saturated rings. The van der Waals surface area contributed by atoms with Gasteiger partial charge in [-0.25, -0.2) is 8.42 Å². The van der Waals surface area contributed by atoms with Gasteiger partial charge in [0.15, 0.2) is 15.8 Å². The highest BCUT2D eigenvalue weighted by atomic mass is 127. The molecule has 6 nitrogen and oxygen atoms in total. The second-order valence-corrected chi connectivity index (χ2v) is 6.91. The highest BCUT2D eigenvalue weighted by Gasteiger charge is 2.06. The van der Waals surface area contributed by atoms with E-state index in [9.17, 15) is 8.42 Å². The van der Waals surface area contributed by atoms with Crippen LogP contribution in [0.1, 0.15) is 13.8 Å². The number of benzene rings is 1. The second kappa shape index (κ2) is 9.88. The molecule has 22 heavy (non-hydrogen) atoms. The second-order valence-electron chi connectivity index (χ2n) is 4.89. The van der Waals surface area contributed by atoms with Gasteiger partial charge < -0.3 is 15.4 Å². The number of nitrogens with one attached hydrogen (secondary N) is 2. The molecule has 0 atom stereocenters. The molecule has 1 aromatic rings. The first-order valence-electron chi connectivity index (χ1n) is 6.73. The van der Waals surface area contributed by atoms with Crippen molar-refractivity contribution in [1.29, 1.82) is 0 Å². The number of nitrogens with zero attached hydrogens (tertiary/aromatic N) is 1. The molecule has 126 valence electrons. The highest BCUT2D eigenvalue weighted by Crippen LogP contribution is 2.15. The van der Waals surface area contributed by atoms with Crippen LogP contribution in [0.3, 0.4) is 0 Å². The monoisotopic (exact) mass is 441 g/mol. The van der Waals surface area contributed by atoms with Gasteiger partial charge in [0.05, 0.1) is 11.4 Å². The minimum atomic E-state index is -3.16. The molecule has 8 heteroatoms. The summed E-state index contributed by atoms with van der Waals surface area (Å²) in [7, 11) is -1.45. The van der Waals surface area contributed by atoms with E-state index >= 15 is 0 Å². The first kappa shape index (κ1) is 21.0. The van der Waals surface area contributed by atoms with Gasteiger partial charge in [-0.2, -0.15) is 0 Å². The molecule has 0 aromatic heterocycles. The Bertz CT molecular complexity index is 572. The molecule has 0 spiro atoms. The van der Waals surface area contributed by atoms with Crippen LogP contribution < -0.4 is 15.4 Å². The van der Waals surface area contributed by atoms with Crippen molar-refractivity contribution in [2.24, 2.45) is 4.99 Å². The van der Waals surface area contributed by atoms with Gasteiger partial charge >= 0.3 is 0 Å². The standard InChI is InChI=1S/C14H23N3O3S.HI/c1-11(2)17-14(15-3)16-9-10-20-12-5-7-13(8-6-12)21(4,18)19;/h5-8,11H,9-10H2,1-4H3,(H2,15,16,17);1H. The number of hydrogen-bond acceptors (Lipinski definition) is 4. The lowest BCUT2D eigenvalue weighted by Crippen LogP contribution is -2.42. The molecule has 0 aliphatic rings. The van der Waals surface area contributed by atoms with Crippen LogP contribution in [0.5, 0.6) is 5.75 Å². The Morgan fingerprint density at radius 2 is 1.86 bits per heavy atom. The van der Waals surface area contributed by atoms with E-state index in [2.05, 4.69) is 15.6 Å². The summed E-state index contributed by atoms with van der Waals surface area (Å²) < 4.78 is 28.2. The first-order valence-corrected chi connectivity index (χ1v) is 8.62. The van der Waals surface area contributed by atoms with Crippen molar-refractivity contribution in [2.45, 2.75) is 24.8 Å².